The van der Waals surface area contributed by atoms with Gasteiger partial charge in [0.15, 0.2) is 0 Å². The topological polar surface area (TPSA) is 50.8 Å². The first-order chi connectivity index (χ1) is 18.5. The maximum atomic E-state index is 13.5. The Morgan fingerprint density at radius 2 is 1.48 bits per heavy atom. The number of ether oxygens (including phenoxy) is 2. The SMILES string of the molecule is CC(C(OC=O)c1cc(C(F)(F)F)cc(C(F)(F)F)c1)N(C)Cc1cc(C(F)(F)F)ccc1NC1CCOCC1. The summed E-state index contributed by atoms with van der Waals surface area (Å²) in [6.45, 7) is 1.99. The summed E-state index contributed by atoms with van der Waals surface area (Å²) in [6, 6.07) is 2.83. The summed E-state index contributed by atoms with van der Waals surface area (Å²) in [7, 11) is 1.41. The van der Waals surface area contributed by atoms with Crippen LogP contribution < -0.4 is 5.32 Å². The number of likely N-dealkylation sites (N-methyl/N-ethyl adjacent to an activating group) is 1. The van der Waals surface area contributed by atoms with Crippen LogP contribution in [0.4, 0.5) is 45.2 Å². The summed E-state index contributed by atoms with van der Waals surface area (Å²) in [6.07, 6.45) is -15.3. The van der Waals surface area contributed by atoms with Gasteiger partial charge in [-0.15, -0.1) is 0 Å². The average Bonchev–Trinajstić information content (AvgIpc) is 2.86. The van der Waals surface area contributed by atoms with Gasteiger partial charge in [-0.2, -0.15) is 39.5 Å². The molecule has 1 heterocycles. The molecule has 1 N–H and O–H groups in total. The Labute approximate surface area is 224 Å². The van der Waals surface area contributed by atoms with Crippen LogP contribution in [-0.2, 0) is 39.3 Å². The van der Waals surface area contributed by atoms with Crippen LogP contribution in [0.1, 0.15) is 53.7 Å². The van der Waals surface area contributed by atoms with Crippen LogP contribution >= 0.6 is 0 Å². The number of carbonyl (C=O) groups is 1. The van der Waals surface area contributed by atoms with Gasteiger partial charge in [0.05, 0.1) is 16.7 Å². The smallest absolute Gasteiger partial charge is 0.416 e. The van der Waals surface area contributed by atoms with Gasteiger partial charge in [0, 0.05) is 37.5 Å². The third kappa shape index (κ3) is 8.03. The van der Waals surface area contributed by atoms with E-state index in [0.717, 1.165) is 12.1 Å². The van der Waals surface area contributed by atoms with Crippen molar-refractivity contribution in [3.63, 3.8) is 0 Å². The van der Waals surface area contributed by atoms with Gasteiger partial charge in [-0.3, -0.25) is 9.69 Å². The summed E-state index contributed by atoms with van der Waals surface area (Å²) >= 11 is 0. The molecule has 3 rings (SSSR count). The van der Waals surface area contributed by atoms with E-state index in [4.69, 9.17) is 9.47 Å². The van der Waals surface area contributed by atoms with Gasteiger partial charge in [-0.25, -0.2) is 0 Å². The first kappa shape index (κ1) is 31.5. The molecule has 1 aliphatic rings. The van der Waals surface area contributed by atoms with E-state index in [2.05, 4.69) is 5.32 Å². The molecule has 0 radical (unpaired) electrons. The van der Waals surface area contributed by atoms with Gasteiger partial charge in [0.25, 0.3) is 6.47 Å². The van der Waals surface area contributed by atoms with Crippen LogP contribution in [0.15, 0.2) is 36.4 Å². The van der Waals surface area contributed by atoms with Crippen molar-refractivity contribution in [2.75, 3.05) is 25.6 Å². The lowest BCUT2D eigenvalue weighted by molar-refractivity contribution is -0.143. The molecule has 5 nitrogen and oxygen atoms in total. The van der Waals surface area contributed by atoms with E-state index in [1.807, 2.05) is 0 Å². The van der Waals surface area contributed by atoms with Crippen molar-refractivity contribution in [3.8, 4) is 0 Å². The van der Waals surface area contributed by atoms with Gasteiger partial charge in [0.2, 0.25) is 0 Å². The molecule has 222 valence electrons. The Balaban J connectivity index is 1.97. The molecule has 2 aromatic rings. The number of nitrogens with zero attached hydrogens (tertiary/aromatic N) is 1. The molecule has 0 saturated carbocycles. The third-order valence-electron chi connectivity index (χ3n) is 6.71. The molecule has 0 spiro atoms. The molecule has 0 aromatic heterocycles. The lowest BCUT2D eigenvalue weighted by atomic mass is 9.96. The van der Waals surface area contributed by atoms with Crippen molar-refractivity contribution < 1.29 is 53.8 Å². The fourth-order valence-electron chi connectivity index (χ4n) is 4.42. The molecule has 0 bridgehead atoms. The van der Waals surface area contributed by atoms with Crippen LogP contribution in [0.2, 0.25) is 0 Å². The Morgan fingerprint density at radius 1 is 0.925 bits per heavy atom. The molecule has 2 atom stereocenters. The van der Waals surface area contributed by atoms with Crippen molar-refractivity contribution in [2.45, 2.75) is 63.0 Å². The number of carbonyl (C=O) groups excluding carboxylic acids is 1. The molecular formula is C26H27F9N2O3. The second-order valence-corrected chi connectivity index (χ2v) is 9.55. The Kier molecular flexibility index (Phi) is 9.66. The molecule has 1 aliphatic heterocycles. The predicted molar refractivity (Wildman–Crippen MR) is 126 cm³/mol. The van der Waals surface area contributed by atoms with E-state index in [0.29, 0.717) is 43.9 Å². The summed E-state index contributed by atoms with van der Waals surface area (Å²) in [4.78, 5) is 12.6. The number of alkyl halides is 9. The molecule has 2 unspecified atom stereocenters. The number of anilines is 1. The molecule has 40 heavy (non-hydrogen) atoms. The first-order valence-electron chi connectivity index (χ1n) is 12.1. The molecule has 1 saturated heterocycles. The monoisotopic (exact) mass is 586 g/mol. The number of nitrogens with one attached hydrogen (secondary N) is 1. The van der Waals surface area contributed by atoms with E-state index in [1.54, 1.807) is 0 Å². The van der Waals surface area contributed by atoms with Crippen molar-refractivity contribution in [1.29, 1.82) is 0 Å². The van der Waals surface area contributed by atoms with Crippen LogP contribution in [-0.4, -0.2) is 43.7 Å². The fraction of sp³-hybridized carbons (Fsp3) is 0.500. The van der Waals surface area contributed by atoms with Crippen LogP contribution in [0, 0.1) is 0 Å². The summed E-state index contributed by atoms with van der Waals surface area (Å²) in [5.41, 5.74) is -4.13. The van der Waals surface area contributed by atoms with E-state index in [1.165, 1.54) is 24.9 Å². The number of rotatable bonds is 9. The van der Waals surface area contributed by atoms with Gasteiger partial charge >= 0.3 is 18.5 Å². The fourth-order valence-corrected chi connectivity index (χ4v) is 4.42. The maximum absolute atomic E-state index is 13.5. The highest BCUT2D eigenvalue weighted by Crippen LogP contribution is 2.39. The minimum absolute atomic E-state index is 0.0489. The van der Waals surface area contributed by atoms with Crippen molar-refractivity contribution >= 4 is 12.2 Å². The Bertz CT molecular complexity index is 1130. The van der Waals surface area contributed by atoms with Crippen LogP contribution in [0.5, 0.6) is 0 Å². The number of benzene rings is 2. The minimum atomic E-state index is -5.13. The molecular weight excluding hydrogens is 559 g/mol. The Morgan fingerprint density at radius 3 is 1.98 bits per heavy atom. The number of hydrogen-bond donors (Lipinski definition) is 1. The van der Waals surface area contributed by atoms with E-state index in [9.17, 15) is 44.3 Å². The van der Waals surface area contributed by atoms with Crippen molar-refractivity contribution in [2.24, 2.45) is 0 Å². The van der Waals surface area contributed by atoms with Crippen molar-refractivity contribution in [1.82, 2.24) is 4.90 Å². The van der Waals surface area contributed by atoms with E-state index < -0.39 is 52.9 Å². The maximum Gasteiger partial charge on any atom is 0.416 e. The largest absolute Gasteiger partial charge is 0.458 e. The lowest BCUT2D eigenvalue weighted by Gasteiger charge is -2.33. The normalized spacial score (nSPS) is 17.0. The second kappa shape index (κ2) is 12.2. The highest BCUT2D eigenvalue weighted by molar-refractivity contribution is 5.54. The lowest BCUT2D eigenvalue weighted by Crippen LogP contribution is -2.36. The van der Waals surface area contributed by atoms with E-state index >= 15 is 0 Å². The standard InChI is InChI=1S/C26H27F9N2O3/c1-15(23(40-14-38)16-9-19(25(30,31)32)12-20(10-16)26(33,34)35)37(2)13-17-11-18(24(27,28)29)3-4-22(17)36-21-5-7-39-8-6-21/h3-4,9-12,14-15,21,23,36H,5-8,13H2,1-2H3. The zero-order chi connectivity index (χ0) is 29.9. The predicted octanol–water partition coefficient (Wildman–Crippen LogP) is 7.07. The van der Waals surface area contributed by atoms with Crippen LogP contribution in [0.25, 0.3) is 0 Å². The zero-order valence-electron chi connectivity index (χ0n) is 21.4. The highest BCUT2D eigenvalue weighted by Gasteiger charge is 2.39. The van der Waals surface area contributed by atoms with Gasteiger partial charge in [-0.1, -0.05) is 0 Å². The summed E-state index contributed by atoms with van der Waals surface area (Å²) < 4.78 is 131. The van der Waals surface area contributed by atoms with Gasteiger partial charge in [-0.05, 0) is 74.3 Å². The number of halogens is 9. The number of hydrogen-bond acceptors (Lipinski definition) is 5. The molecule has 0 aliphatic carbocycles. The molecule has 1 fully saturated rings. The highest BCUT2D eigenvalue weighted by atomic mass is 19.4. The van der Waals surface area contributed by atoms with Crippen LogP contribution in [0.3, 0.4) is 0 Å². The Hall–Kier alpha value is -3.00. The molecule has 14 heteroatoms. The minimum Gasteiger partial charge on any atom is -0.458 e. The van der Waals surface area contributed by atoms with E-state index in [-0.39, 0.29) is 30.7 Å². The average molecular weight is 586 g/mol. The third-order valence-corrected chi connectivity index (χ3v) is 6.71. The quantitative estimate of drug-likeness (QED) is 0.252. The summed E-state index contributed by atoms with van der Waals surface area (Å²) in [5.74, 6) is 0. The zero-order valence-corrected chi connectivity index (χ0v) is 21.4. The second-order valence-electron chi connectivity index (χ2n) is 9.55. The molecule has 0 amide bonds. The van der Waals surface area contributed by atoms with Gasteiger partial charge < -0.3 is 14.8 Å². The summed E-state index contributed by atoms with van der Waals surface area (Å²) in [5, 5.41) is 3.20. The molecule has 2 aromatic carbocycles. The van der Waals surface area contributed by atoms with Gasteiger partial charge in [0.1, 0.15) is 6.10 Å². The first-order valence-corrected chi connectivity index (χ1v) is 12.1. The van der Waals surface area contributed by atoms with Crippen molar-refractivity contribution in [3.05, 3.63) is 64.2 Å².